The fourth-order valence-corrected chi connectivity index (χ4v) is 1.23. The van der Waals surface area contributed by atoms with E-state index in [9.17, 15) is 9.59 Å². The predicted octanol–water partition coefficient (Wildman–Crippen LogP) is 1.63. The van der Waals surface area contributed by atoms with Gasteiger partial charge in [0.15, 0.2) is 0 Å². The summed E-state index contributed by atoms with van der Waals surface area (Å²) in [4.78, 5) is 23.3. The van der Waals surface area contributed by atoms with Crippen LogP contribution in [-0.4, -0.2) is 35.5 Å². The van der Waals surface area contributed by atoms with Crippen molar-refractivity contribution in [3.8, 4) is 0 Å². The van der Waals surface area contributed by atoms with Crippen molar-refractivity contribution in [3.63, 3.8) is 0 Å². The molecule has 0 aliphatic rings. The fraction of sp³-hybridized carbons (Fsp3) is 0.231. The van der Waals surface area contributed by atoms with Crippen molar-refractivity contribution in [2.24, 2.45) is 0 Å². The molecule has 1 rings (SSSR count). The molecule has 0 aliphatic carbocycles. The van der Waals surface area contributed by atoms with Crippen LogP contribution in [0.1, 0.15) is 12.0 Å². The number of benzene rings is 1. The first-order chi connectivity index (χ1) is 8.09. The number of carboxylic acids is 1. The maximum absolute atomic E-state index is 11.6. The van der Waals surface area contributed by atoms with Crippen LogP contribution in [0.15, 0.2) is 36.4 Å². The highest BCUT2D eigenvalue weighted by Crippen LogP contribution is 2.01. The normalized spacial score (nSPS) is 10.4. The number of carboxylic acid groups (broad SMARTS) is 1. The second-order valence-corrected chi connectivity index (χ2v) is 3.65. The molecule has 17 heavy (non-hydrogen) atoms. The van der Waals surface area contributed by atoms with E-state index in [2.05, 4.69) is 0 Å². The number of nitrogens with zero attached hydrogens (tertiary/aromatic N) is 1. The molecular formula is C13H15NO3. The van der Waals surface area contributed by atoms with Crippen LogP contribution < -0.4 is 0 Å². The van der Waals surface area contributed by atoms with Crippen molar-refractivity contribution in [1.82, 2.24) is 4.90 Å². The zero-order valence-corrected chi connectivity index (χ0v) is 9.67. The summed E-state index contributed by atoms with van der Waals surface area (Å²) >= 11 is 0. The van der Waals surface area contributed by atoms with E-state index in [0.717, 1.165) is 5.56 Å². The predicted molar refractivity (Wildman–Crippen MR) is 65.4 cm³/mol. The minimum absolute atomic E-state index is 0.0403. The van der Waals surface area contributed by atoms with Crippen LogP contribution in [0.25, 0.3) is 6.08 Å². The highest BCUT2D eigenvalue weighted by atomic mass is 16.4. The Hall–Kier alpha value is -2.10. The van der Waals surface area contributed by atoms with Gasteiger partial charge in [-0.05, 0) is 11.6 Å². The summed E-state index contributed by atoms with van der Waals surface area (Å²) in [6.45, 7) is 0.216. The summed E-state index contributed by atoms with van der Waals surface area (Å²) < 4.78 is 0. The Morgan fingerprint density at radius 1 is 1.29 bits per heavy atom. The third kappa shape index (κ3) is 4.97. The van der Waals surface area contributed by atoms with Gasteiger partial charge in [-0.1, -0.05) is 30.3 Å². The lowest BCUT2D eigenvalue weighted by atomic mass is 10.2. The summed E-state index contributed by atoms with van der Waals surface area (Å²) in [6.07, 6.45) is 3.11. The average Bonchev–Trinajstić information content (AvgIpc) is 2.34. The Bertz CT molecular complexity index is 412. The number of aliphatic carboxylic acids is 1. The highest BCUT2D eigenvalue weighted by molar-refractivity contribution is 5.91. The van der Waals surface area contributed by atoms with Crippen LogP contribution in [0.4, 0.5) is 0 Å². The van der Waals surface area contributed by atoms with Crippen molar-refractivity contribution in [2.45, 2.75) is 6.42 Å². The van der Waals surface area contributed by atoms with Gasteiger partial charge >= 0.3 is 5.97 Å². The molecule has 0 saturated carbocycles. The van der Waals surface area contributed by atoms with E-state index < -0.39 is 5.97 Å². The van der Waals surface area contributed by atoms with Crippen LogP contribution >= 0.6 is 0 Å². The molecule has 0 aromatic heterocycles. The Balaban J connectivity index is 2.48. The van der Waals surface area contributed by atoms with Gasteiger partial charge < -0.3 is 10.0 Å². The van der Waals surface area contributed by atoms with Crippen LogP contribution in [0.3, 0.4) is 0 Å². The van der Waals surface area contributed by atoms with E-state index in [1.165, 1.54) is 11.0 Å². The molecule has 0 atom stereocenters. The van der Waals surface area contributed by atoms with Crippen LogP contribution in [-0.2, 0) is 9.59 Å². The maximum atomic E-state index is 11.6. The summed E-state index contributed by atoms with van der Waals surface area (Å²) in [5, 5.41) is 8.50. The SMILES string of the molecule is CN(CCC(=O)O)C(=O)/C=C/c1ccccc1. The van der Waals surface area contributed by atoms with Crippen molar-refractivity contribution >= 4 is 18.0 Å². The van der Waals surface area contributed by atoms with Crippen molar-refractivity contribution < 1.29 is 14.7 Å². The van der Waals surface area contributed by atoms with E-state index in [1.807, 2.05) is 30.3 Å². The zero-order valence-electron chi connectivity index (χ0n) is 9.67. The third-order valence-corrected chi connectivity index (χ3v) is 2.26. The zero-order chi connectivity index (χ0) is 12.7. The van der Waals surface area contributed by atoms with Gasteiger partial charge in [-0.15, -0.1) is 0 Å². The Labute approximate surface area is 100 Å². The quantitative estimate of drug-likeness (QED) is 0.786. The second kappa shape index (κ2) is 6.48. The first kappa shape index (κ1) is 13.0. The molecule has 0 bridgehead atoms. The van der Waals surface area contributed by atoms with Gasteiger partial charge in [-0.3, -0.25) is 9.59 Å². The standard InChI is InChI=1S/C13H15NO3/c1-14(10-9-13(16)17)12(15)8-7-11-5-3-2-4-6-11/h2-8H,9-10H2,1H3,(H,16,17)/b8-7+. The number of likely N-dealkylation sites (N-methyl/N-ethyl adjacent to an activating group) is 1. The van der Waals surface area contributed by atoms with Gasteiger partial charge in [0.1, 0.15) is 0 Å². The molecule has 0 unspecified atom stereocenters. The largest absolute Gasteiger partial charge is 0.481 e. The number of rotatable bonds is 5. The van der Waals surface area contributed by atoms with Gasteiger partial charge in [-0.2, -0.15) is 0 Å². The molecule has 1 amide bonds. The summed E-state index contributed by atoms with van der Waals surface area (Å²) in [5.74, 6) is -1.10. The molecule has 0 saturated heterocycles. The molecule has 0 aliphatic heterocycles. The lowest BCUT2D eigenvalue weighted by molar-refractivity contribution is -0.137. The molecular weight excluding hydrogens is 218 g/mol. The smallest absolute Gasteiger partial charge is 0.305 e. The van der Waals surface area contributed by atoms with Crippen molar-refractivity contribution in [3.05, 3.63) is 42.0 Å². The molecule has 4 heteroatoms. The molecule has 0 heterocycles. The lowest BCUT2D eigenvalue weighted by Crippen LogP contribution is -2.27. The molecule has 1 aromatic carbocycles. The van der Waals surface area contributed by atoms with Crippen LogP contribution in [0, 0.1) is 0 Å². The second-order valence-electron chi connectivity index (χ2n) is 3.65. The molecule has 1 aromatic rings. The van der Waals surface area contributed by atoms with E-state index in [0.29, 0.717) is 0 Å². The topological polar surface area (TPSA) is 57.6 Å². The first-order valence-corrected chi connectivity index (χ1v) is 5.29. The number of carbonyl (C=O) groups excluding carboxylic acids is 1. The summed E-state index contributed by atoms with van der Waals surface area (Å²) in [5.41, 5.74) is 0.937. The first-order valence-electron chi connectivity index (χ1n) is 5.29. The van der Waals surface area contributed by atoms with Gasteiger partial charge in [-0.25, -0.2) is 0 Å². The summed E-state index contributed by atoms with van der Waals surface area (Å²) in [6, 6.07) is 9.46. The van der Waals surface area contributed by atoms with Gasteiger partial charge in [0.25, 0.3) is 0 Å². The third-order valence-electron chi connectivity index (χ3n) is 2.26. The van der Waals surface area contributed by atoms with E-state index in [4.69, 9.17) is 5.11 Å². The Morgan fingerprint density at radius 3 is 2.53 bits per heavy atom. The molecule has 0 spiro atoms. The number of carbonyl (C=O) groups is 2. The fourth-order valence-electron chi connectivity index (χ4n) is 1.23. The minimum Gasteiger partial charge on any atom is -0.481 e. The van der Waals surface area contributed by atoms with Gasteiger partial charge in [0.2, 0.25) is 5.91 Å². The molecule has 0 fully saturated rings. The number of hydrogen-bond acceptors (Lipinski definition) is 2. The lowest BCUT2D eigenvalue weighted by Gasteiger charge is -2.13. The van der Waals surface area contributed by atoms with Crippen molar-refractivity contribution in [1.29, 1.82) is 0 Å². The average molecular weight is 233 g/mol. The number of amides is 1. The summed E-state index contributed by atoms with van der Waals surface area (Å²) in [7, 11) is 1.58. The molecule has 4 nitrogen and oxygen atoms in total. The van der Waals surface area contributed by atoms with Crippen LogP contribution in [0.5, 0.6) is 0 Å². The monoisotopic (exact) mass is 233 g/mol. The highest BCUT2D eigenvalue weighted by Gasteiger charge is 2.06. The Morgan fingerprint density at radius 2 is 1.94 bits per heavy atom. The Kier molecular flexibility index (Phi) is 4.94. The van der Waals surface area contributed by atoms with Gasteiger partial charge in [0, 0.05) is 19.7 Å². The van der Waals surface area contributed by atoms with Crippen LogP contribution in [0.2, 0.25) is 0 Å². The van der Waals surface area contributed by atoms with Crippen molar-refractivity contribution in [2.75, 3.05) is 13.6 Å². The minimum atomic E-state index is -0.906. The van der Waals surface area contributed by atoms with Gasteiger partial charge in [0.05, 0.1) is 6.42 Å². The molecule has 1 N–H and O–H groups in total. The molecule has 0 radical (unpaired) electrons. The molecule has 90 valence electrons. The van der Waals surface area contributed by atoms with E-state index in [-0.39, 0.29) is 18.9 Å². The number of hydrogen-bond donors (Lipinski definition) is 1. The van der Waals surface area contributed by atoms with E-state index in [1.54, 1.807) is 13.1 Å². The maximum Gasteiger partial charge on any atom is 0.305 e. The van der Waals surface area contributed by atoms with E-state index >= 15 is 0 Å².